The van der Waals surface area contributed by atoms with E-state index in [9.17, 15) is 0 Å². The van der Waals surface area contributed by atoms with Gasteiger partial charge in [-0.25, -0.2) is 9.97 Å². The molecule has 0 spiro atoms. The third-order valence-corrected chi connectivity index (χ3v) is 6.01. The Morgan fingerprint density at radius 3 is 3.04 bits per heavy atom. The van der Waals surface area contributed by atoms with Gasteiger partial charge in [-0.15, -0.1) is 0 Å². The van der Waals surface area contributed by atoms with E-state index in [-0.39, 0.29) is 0 Å². The number of hydrogen-bond donors (Lipinski definition) is 1. The van der Waals surface area contributed by atoms with Crippen molar-refractivity contribution in [1.29, 1.82) is 0 Å². The molecular weight excluding hydrogens is 330 g/mol. The molecule has 0 unspecified atom stereocenters. The molecule has 6 heteroatoms. The molecule has 25 heavy (non-hydrogen) atoms. The maximum absolute atomic E-state index is 4.64. The van der Waals surface area contributed by atoms with Gasteiger partial charge in [0.1, 0.15) is 0 Å². The molecule has 1 aliphatic rings. The van der Waals surface area contributed by atoms with Crippen LogP contribution in [0.4, 0.5) is 11.5 Å². The van der Waals surface area contributed by atoms with Crippen LogP contribution in [0.15, 0.2) is 42.9 Å². The Balaban J connectivity index is 1.56. The molecule has 5 nitrogen and oxygen atoms in total. The van der Waals surface area contributed by atoms with E-state index in [1.165, 1.54) is 35.5 Å². The van der Waals surface area contributed by atoms with Gasteiger partial charge in [-0.3, -0.25) is 4.40 Å². The third-order valence-electron chi connectivity index (χ3n) is 4.60. The van der Waals surface area contributed by atoms with Gasteiger partial charge in [0, 0.05) is 44.0 Å². The predicted molar refractivity (Wildman–Crippen MR) is 106 cm³/mol. The summed E-state index contributed by atoms with van der Waals surface area (Å²) in [7, 11) is 4.11. The number of anilines is 2. The van der Waals surface area contributed by atoms with Crippen LogP contribution in [0.5, 0.6) is 0 Å². The van der Waals surface area contributed by atoms with E-state index < -0.39 is 0 Å². The number of fused-ring (bicyclic) bond motifs is 1. The van der Waals surface area contributed by atoms with Crippen molar-refractivity contribution in [3.05, 3.63) is 54.1 Å². The monoisotopic (exact) mass is 353 g/mol. The molecule has 0 radical (unpaired) electrons. The minimum atomic E-state index is 0.557. The first-order valence-electron chi connectivity index (χ1n) is 8.66. The van der Waals surface area contributed by atoms with Gasteiger partial charge in [0.05, 0.1) is 11.9 Å². The second-order valence-corrected chi connectivity index (χ2v) is 7.88. The van der Waals surface area contributed by atoms with E-state index in [0.717, 1.165) is 18.0 Å². The molecule has 3 aromatic rings. The van der Waals surface area contributed by atoms with Gasteiger partial charge in [-0.1, -0.05) is 12.1 Å². The molecular formula is C19H23N5S. The number of imidazole rings is 1. The smallest absolute Gasteiger partial charge is 0.180 e. The summed E-state index contributed by atoms with van der Waals surface area (Å²) in [5.74, 6) is 2.09. The average molecular weight is 353 g/mol. The third kappa shape index (κ3) is 3.31. The van der Waals surface area contributed by atoms with Crippen LogP contribution in [0.1, 0.15) is 29.3 Å². The fourth-order valence-electron chi connectivity index (χ4n) is 3.24. The zero-order valence-corrected chi connectivity index (χ0v) is 15.5. The molecule has 1 atom stereocenters. The lowest BCUT2D eigenvalue weighted by Gasteiger charge is -2.14. The number of benzene rings is 1. The minimum Gasteiger partial charge on any atom is -0.378 e. The van der Waals surface area contributed by atoms with Gasteiger partial charge < -0.3 is 10.2 Å². The second-order valence-electron chi connectivity index (χ2n) is 6.57. The molecule has 0 saturated carbocycles. The topological polar surface area (TPSA) is 45.5 Å². The molecule has 130 valence electrons. The fraction of sp³-hybridized carbons (Fsp3) is 0.368. The number of thioether (sulfide) groups is 1. The van der Waals surface area contributed by atoms with E-state index in [1.807, 2.05) is 30.4 Å². The van der Waals surface area contributed by atoms with Crippen LogP contribution >= 0.6 is 11.8 Å². The summed E-state index contributed by atoms with van der Waals surface area (Å²) in [4.78, 5) is 11.3. The molecule has 1 N–H and O–H groups in total. The van der Waals surface area contributed by atoms with Crippen molar-refractivity contribution < 1.29 is 0 Å². The summed E-state index contributed by atoms with van der Waals surface area (Å²) < 4.78 is 2.19. The highest BCUT2D eigenvalue weighted by Gasteiger charge is 2.21. The summed E-state index contributed by atoms with van der Waals surface area (Å²) in [5, 5.41) is 4.01. The van der Waals surface area contributed by atoms with Crippen molar-refractivity contribution in [1.82, 2.24) is 14.4 Å². The number of aromatic nitrogens is 3. The van der Waals surface area contributed by atoms with E-state index >= 15 is 0 Å². The van der Waals surface area contributed by atoms with Gasteiger partial charge in [-0.2, -0.15) is 11.8 Å². The number of nitrogens with one attached hydrogen (secondary N) is 1. The van der Waals surface area contributed by atoms with Crippen LogP contribution in [0.25, 0.3) is 5.65 Å². The van der Waals surface area contributed by atoms with Crippen molar-refractivity contribution in [3.63, 3.8) is 0 Å². The molecule has 2 aromatic heterocycles. The molecule has 0 aliphatic carbocycles. The van der Waals surface area contributed by atoms with Gasteiger partial charge >= 0.3 is 0 Å². The maximum Gasteiger partial charge on any atom is 0.180 e. The van der Waals surface area contributed by atoms with Crippen molar-refractivity contribution >= 4 is 28.9 Å². The largest absolute Gasteiger partial charge is 0.378 e. The number of rotatable bonds is 5. The minimum absolute atomic E-state index is 0.557. The first-order chi connectivity index (χ1) is 12.2. The van der Waals surface area contributed by atoms with Crippen molar-refractivity contribution in [3.8, 4) is 0 Å². The summed E-state index contributed by atoms with van der Waals surface area (Å²) in [5.41, 5.74) is 4.63. The SMILES string of the molecule is CN(C)c1cccc(CNc2nccn3c([C@@H]4CCCS4)cnc23)c1. The lowest BCUT2D eigenvalue weighted by atomic mass is 10.2. The first kappa shape index (κ1) is 16.3. The van der Waals surface area contributed by atoms with Crippen molar-refractivity contribution in [2.45, 2.75) is 24.6 Å². The highest BCUT2D eigenvalue weighted by atomic mass is 32.2. The van der Waals surface area contributed by atoms with E-state index in [1.54, 1.807) is 0 Å². The zero-order valence-electron chi connectivity index (χ0n) is 14.6. The Bertz CT molecular complexity index is 867. The summed E-state index contributed by atoms with van der Waals surface area (Å²) >= 11 is 2.03. The van der Waals surface area contributed by atoms with Gasteiger partial charge in [0.25, 0.3) is 0 Å². The number of hydrogen-bond acceptors (Lipinski definition) is 5. The van der Waals surface area contributed by atoms with E-state index in [2.05, 4.69) is 62.9 Å². The Morgan fingerprint density at radius 1 is 1.32 bits per heavy atom. The molecule has 1 fully saturated rings. The highest BCUT2D eigenvalue weighted by molar-refractivity contribution is 7.99. The Kier molecular flexibility index (Phi) is 4.53. The molecule has 0 amide bonds. The summed E-state index contributed by atoms with van der Waals surface area (Å²) in [6.45, 7) is 0.731. The molecule has 4 rings (SSSR count). The van der Waals surface area contributed by atoms with Crippen LogP contribution < -0.4 is 10.2 Å². The Hall–Kier alpha value is -2.21. The van der Waals surface area contributed by atoms with E-state index in [0.29, 0.717) is 5.25 Å². The van der Waals surface area contributed by atoms with Crippen LogP contribution in [0.2, 0.25) is 0 Å². The predicted octanol–water partition coefficient (Wildman–Crippen LogP) is 3.98. The quantitative estimate of drug-likeness (QED) is 0.752. The van der Waals surface area contributed by atoms with Crippen molar-refractivity contribution in [2.75, 3.05) is 30.1 Å². The van der Waals surface area contributed by atoms with Crippen molar-refractivity contribution in [2.24, 2.45) is 0 Å². The second kappa shape index (κ2) is 6.96. The Labute approximate surface area is 152 Å². The first-order valence-corrected chi connectivity index (χ1v) is 9.71. The maximum atomic E-state index is 4.64. The van der Waals surface area contributed by atoms with Crippen LogP contribution in [-0.2, 0) is 6.54 Å². The molecule has 1 saturated heterocycles. The van der Waals surface area contributed by atoms with Gasteiger partial charge in [-0.05, 0) is 36.3 Å². The molecule has 0 bridgehead atoms. The molecule has 1 aliphatic heterocycles. The highest BCUT2D eigenvalue weighted by Crippen LogP contribution is 2.40. The Morgan fingerprint density at radius 2 is 2.24 bits per heavy atom. The van der Waals surface area contributed by atoms with Crippen LogP contribution in [-0.4, -0.2) is 34.2 Å². The lowest BCUT2D eigenvalue weighted by Crippen LogP contribution is -2.09. The molecule has 3 heterocycles. The van der Waals surface area contributed by atoms with Crippen LogP contribution in [0.3, 0.4) is 0 Å². The average Bonchev–Trinajstić information content (AvgIpc) is 3.29. The van der Waals surface area contributed by atoms with Gasteiger partial charge in [0.2, 0.25) is 0 Å². The van der Waals surface area contributed by atoms with E-state index in [4.69, 9.17) is 0 Å². The summed E-state index contributed by atoms with van der Waals surface area (Å²) in [6, 6.07) is 8.53. The fourth-order valence-corrected chi connectivity index (χ4v) is 4.54. The van der Waals surface area contributed by atoms with Crippen LogP contribution in [0, 0.1) is 0 Å². The summed E-state index contributed by atoms with van der Waals surface area (Å²) in [6.07, 6.45) is 8.42. The molecule has 1 aromatic carbocycles. The zero-order chi connectivity index (χ0) is 17.2. The number of nitrogens with zero attached hydrogens (tertiary/aromatic N) is 4. The standard InChI is InChI=1S/C19H23N5S/c1-23(2)15-6-3-5-14(11-15)12-21-18-19-22-13-16(17-7-4-10-25-17)24(19)9-8-20-18/h3,5-6,8-9,11,13,17H,4,7,10,12H2,1-2H3,(H,20,21)/t17-/m0/s1. The normalized spacial score (nSPS) is 17.1. The lowest BCUT2D eigenvalue weighted by molar-refractivity contribution is 0.798. The van der Waals surface area contributed by atoms with Gasteiger partial charge in [0.15, 0.2) is 11.5 Å².